The molecule has 0 radical (unpaired) electrons. The lowest BCUT2D eigenvalue weighted by Crippen LogP contribution is -2.27. The normalized spacial score (nSPS) is 13.1. The molecule has 0 saturated heterocycles. The highest BCUT2D eigenvalue weighted by atomic mass is 32.2. The van der Waals surface area contributed by atoms with Gasteiger partial charge in [0.25, 0.3) is 0 Å². The van der Waals surface area contributed by atoms with Crippen LogP contribution in [-0.4, -0.2) is 24.0 Å². The molecule has 0 aliphatic carbocycles. The summed E-state index contributed by atoms with van der Waals surface area (Å²) in [7, 11) is -5.77. The molecule has 0 bridgehead atoms. The number of aromatic nitrogens is 1. The number of nitrogens with zero attached hydrogens (tertiary/aromatic N) is 1. The quantitative estimate of drug-likeness (QED) is 0.303. The molecule has 0 saturated carbocycles. The van der Waals surface area contributed by atoms with Gasteiger partial charge in [0.15, 0.2) is 5.13 Å². The van der Waals surface area contributed by atoms with Gasteiger partial charge in [-0.25, -0.2) is 4.39 Å². The fourth-order valence-corrected chi connectivity index (χ4v) is 3.83. The molecule has 2 N–H and O–H groups in total. The fourth-order valence-electron chi connectivity index (χ4n) is 2.42. The van der Waals surface area contributed by atoms with E-state index in [1.807, 2.05) is 6.92 Å². The van der Waals surface area contributed by atoms with E-state index < -0.39 is 21.4 Å². The number of nitrogens with one attached hydrogen (secondary N) is 1. The van der Waals surface area contributed by atoms with E-state index in [1.54, 1.807) is 12.1 Å². The second kappa shape index (κ2) is 8.11. The van der Waals surface area contributed by atoms with Crippen molar-refractivity contribution in [1.82, 2.24) is 4.98 Å². The summed E-state index contributed by atoms with van der Waals surface area (Å²) in [6.45, 7) is 1.82. The first-order valence-electron chi connectivity index (χ1n) is 8.29. The van der Waals surface area contributed by atoms with Crippen LogP contribution >= 0.6 is 11.3 Å². The zero-order chi connectivity index (χ0) is 22.1. The van der Waals surface area contributed by atoms with Crippen LogP contribution in [0.15, 0.2) is 48.5 Å². The molecule has 2 aromatic carbocycles. The van der Waals surface area contributed by atoms with E-state index in [-0.39, 0.29) is 17.7 Å². The van der Waals surface area contributed by atoms with Crippen molar-refractivity contribution in [3.8, 4) is 22.1 Å². The van der Waals surface area contributed by atoms with Crippen LogP contribution in [0.1, 0.15) is 18.5 Å². The van der Waals surface area contributed by atoms with Crippen LogP contribution in [0.4, 0.5) is 22.7 Å². The SMILES string of the molecule is C[C@H](Nc1nc(O)c(-c2ccc(OS(=O)(=O)C(F)(F)F)cc2)s1)c1ccc(F)cc1. The zero-order valence-corrected chi connectivity index (χ0v) is 16.8. The molecule has 0 aliphatic rings. The van der Waals surface area contributed by atoms with E-state index in [4.69, 9.17) is 0 Å². The van der Waals surface area contributed by atoms with Crippen molar-refractivity contribution in [2.75, 3.05) is 5.32 Å². The monoisotopic (exact) mass is 462 g/mol. The highest BCUT2D eigenvalue weighted by molar-refractivity contribution is 7.88. The Balaban J connectivity index is 1.76. The van der Waals surface area contributed by atoms with Gasteiger partial charge in [-0.15, -0.1) is 0 Å². The summed E-state index contributed by atoms with van der Waals surface area (Å²) in [5.41, 5.74) is -4.35. The number of hydrogen-bond donors (Lipinski definition) is 2. The van der Waals surface area contributed by atoms with Crippen LogP contribution in [0.2, 0.25) is 0 Å². The molecule has 6 nitrogen and oxygen atoms in total. The Bertz CT molecular complexity index is 1130. The third-order valence-electron chi connectivity index (χ3n) is 3.93. The smallest absolute Gasteiger partial charge is 0.492 e. The molecule has 1 aromatic heterocycles. The van der Waals surface area contributed by atoms with Crippen LogP contribution in [-0.2, 0) is 10.1 Å². The van der Waals surface area contributed by atoms with Crippen LogP contribution in [0.5, 0.6) is 11.6 Å². The second-order valence-corrected chi connectivity index (χ2v) is 8.63. The number of hydrogen-bond acceptors (Lipinski definition) is 7. The van der Waals surface area contributed by atoms with E-state index in [0.29, 0.717) is 15.6 Å². The number of benzene rings is 2. The average Bonchev–Trinajstić information content (AvgIpc) is 3.01. The minimum absolute atomic E-state index is 0.243. The lowest BCUT2D eigenvalue weighted by molar-refractivity contribution is -0.0500. The maximum absolute atomic E-state index is 13.0. The summed E-state index contributed by atoms with van der Waals surface area (Å²) in [4.78, 5) is 4.31. The van der Waals surface area contributed by atoms with Gasteiger partial charge in [0.1, 0.15) is 11.6 Å². The molecule has 3 aromatic rings. The van der Waals surface area contributed by atoms with Gasteiger partial charge >= 0.3 is 15.6 Å². The first kappa shape index (κ1) is 21.8. The first-order chi connectivity index (χ1) is 14.0. The molecule has 0 amide bonds. The van der Waals surface area contributed by atoms with Gasteiger partial charge < -0.3 is 14.6 Å². The molecule has 12 heteroatoms. The molecule has 0 aliphatic heterocycles. The van der Waals surface area contributed by atoms with Crippen LogP contribution in [0.25, 0.3) is 10.4 Å². The molecular weight excluding hydrogens is 448 g/mol. The third kappa shape index (κ3) is 4.82. The van der Waals surface area contributed by atoms with Crippen LogP contribution < -0.4 is 9.50 Å². The minimum atomic E-state index is -5.77. The van der Waals surface area contributed by atoms with E-state index >= 15 is 0 Å². The Hall–Kier alpha value is -2.86. The lowest BCUT2D eigenvalue weighted by atomic mass is 10.1. The predicted molar refractivity (Wildman–Crippen MR) is 103 cm³/mol. The zero-order valence-electron chi connectivity index (χ0n) is 15.1. The van der Waals surface area contributed by atoms with Gasteiger partial charge in [-0.05, 0) is 54.4 Å². The number of anilines is 1. The van der Waals surface area contributed by atoms with E-state index in [1.165, 1.54) is 24.3 Å². The van der Waals surface area contributed by atoms with Crippen molar-refractivity contribution >= 4 is 26.6 Å². The summed E-state index contributed by atoms with van der Waals surface area (Å²) in [6, 6.07) is 10.3. The maximum Gasteiger partial charge on any atom is 0.534 e. The highest BCUT2D eigenvalue weighted by Gasteiger charge is 2.48. The largest absolute Gasteiger partial charge is 0.534 e. The van der Waals surface area contributed by atoms with E-state index in [9.17, 15) is 31.1 Å². The Morgan fingerprint density at radius 3 is 2.27 bits per heavy atom. The third-order valence-corrected chi connectivity index (χ3v) is 5.93. The van der Waals surface area contributed by atoms with Gasteiger partial charge in [-0.3, -0.25) is 0 Å². The number of thiazole rings is 1. The fraction of sp³-hybridized carbons (Fsp3) is 0.167. The maximum atomic E-state index is 13.0. The van der Waals surface area contributed by atoms with Crippen molar-refractivity contribution in [1.29, 1.82) is 0 Å². The number of halogens is 4. The van der Waals surface area contributed by atoms with E-state index in [0.717, 1.165) is 29.0 Å². The second-order valence-electron chi connectivity index (χ2n) is 6.10. The van der Waals surface area contributed by atoms with Gasteiger partial charge in [0, 0.05) is 0 Å². The van der Waals surface area contributed by atoms with Crippen molar-refractivity contribution < 1.29 is 35.3 Å². The number of aromatic hydroxyl groups is 1. The van der Waals surface area contributed by atoms with Crippen molar-refractivity contribution in [2.24, 2.45) is 0 Å². The molecule has 0 unspecified atom stereocenters. The molecule has 1 atom stereocenters. The van der Waals surface area contributed by atoms with Gasteiger partial charge in [-0.1, -0.05) is 23.5 Å². The van der Waals surface area contributed by atoms with E-state index in [2.05, 4.69) is 14.5 Å². The Labute approximate surface area is 172 Å². The van der Waals surface area contributed by atoms with Gasteiger partial charge in [0.05, 0.1) is 10.9 Å². The molecule has 0 fully saturated rings. The Morgan fingerprint density at radius 2 is 1.70 bits per heavy atom. The molecule has 30 heavy (non-hydrogen) atoms. The minimum Gasteiger partial charge on any atom is -0.492 e. The summed E-state index contributed by atoms with van der Waals surface area (Å²) < 4.78 is 76.3. The molecule has 3 rings (SSSR count). The van der Waals surface area contributed by atoms with Gasteiger partial charge in [0.2, 0.25) is 5.88 Å². The van der Waals surface area contributed by atoms with Crippen molar-refractivity contribution in [2.45, 2.75) is 18.5 Å². The number of alkyl halides is 3. The Morgan fingerprint density at radius 1 is 1.10 bits per heavy atom. The predicted octanol–water partition coefficient (Wildman–Crippen LogP) is 5.06. The molecular formula is C18H14F4N2O4S2. The topological polar surface area (TPSA) is 88.5 Å². The lowest BCUT2D eigenvalue weighted by Gasteiger charge is -2.12. The van der Waals surface area contributed by atoms with Gasteiger partial charge in [-0.2, -0.15) is 26.6 Å². The van der Waals surface area contributed by atoms with Crippen molar-refractivity contribution in [3.05, 3.63) is 59.9 Å². The summed E-state index contributed by atoms with van der Waals surface area (Å²) in [6.07, 6.45) is 0. The van der Waals surface area contributed by atoms with Crippen LogP contribution in [0.3, 0.4) is 0 Å². The molecule has 1 heterocycles. The molecule has 0 spiro atoms. The summed E-state index contributed by atoms with van der Waals surface area (Å²) in [5, 5.41) is 13.5. The van der Waals surface area contributed by atoms with Crippen molar-refractivity contribution in [3.63, 3.8) is 0 Å². The highest BCUT2D eigenvalue weighted by Crippen LogP contribution is 2.39. The van der Waals surface area contributed by atoms with Crippen LogP contribution in [0, 0.1) is 5.82 Å². The standard InChI is InChI=1S/C18H14F4N2O4S2/c1-10(11-2-6-13(19)7-3-11)23-17-24-16(25)15(29-17)12-4-8-14(9-5-12)28-30(26,27)18(20,21)22/h2-10,25H,1H3,(H,23,24)/t10-/m0/s1. The number of rotatable bonds is 6. The average molecular weight is 462 g/mol. The molecule has 160 valence electrons. The first-order valence-corrected chi connectivity index (χ1v) is 10.5. The Kier molecular flexibility index (Phi) is 5.90. The summed E-state index contributed by atoms with van der Waals surface area (Å²) in [5.74, 6) is -1.20. The summed E-state index contributed by atoms with van der Waals surface area (Å²) >= 11 is 1.08.